The zero-order valence-electron chi connectivity index (χ0n) is 16.3. The molecule has 2 fully saturated rings. The van der Waals surface area contributed by atoms with E-state index in [4.69, 9.17) is 4.74 Å². The number of aliphatic hydroxyl groups excluding tert-OH is 2. The lowest BCUT2D eigenvalue weighted by Crippen LogP contribution is -2.50. The van der Waals surface area contributed by atoms with Gasteiger partial charge in [-0.2, -0.15) is 11.8 Å². The van der Waals surface area contributed by atoms with Gasteiger partial charge >= 0.3 is 0 Å². The fourth-order valence-electron chi connectivity index (χ4n) is 3.06. The van der Waals surface area contributed by atoms with E-state index in [0.717, 1.165) is 6.04 Å². The number of ether oxygens (including phenoxy) is 1. The maximum Gasteiger partial charge on any atom is 0.159 e. The standard InChI is InChI=1S/C9H19NO3.C9H19NS/c1-9(2,3)10-6-4-7(11)13-8(12)5-6;1-9(2,3)10-8-4-6-11-7-5-8/h6-8,10-12H,4-5H2,1-3H3;8,10H,4-7H2,1-3H3. The number of hydrogen-bond acceptors (Lipinski definition) is 6. The van der Waals surface area contributed by atoms with Gasteiger partial charge < -0.3 is 25.6 Å². The molecule has 2 heterocycles. The maximum atomic E-state index is 9.22. The molecule has 0 aromatic carbocycles. The van der Waals surface area contributed by atoms with Crippen LogP contribution >= 0.6 is 11.8 Å². The summed E-state index contributed by atoms with van der Waals surface area (Å²) in [5.41, 5.74) is 0.300. The third-order valence-electron chi connectivity index (χ3n) is 3.78. The third kappa shape index (κ3) is 10.9. The van der Waals surface area contributed by atoms with Crippen molar-refractivity contribution >= 4 is 11.8 Å². The van der Waals surface area contributed by atoms with Gasteiger partial charge in [-0.3, -0.25) is 0 Å². The van der Waals surface area contributed by atoms with Crippen molar-refractivity contribution in [3.05, 3.63) is 0 Å². The third-order valence-corrected chi connectivity index (χ3v) is 4.83. The Morgan fingerprint density at radius 1 is 0.792 bits per heavy atom. The van der Waals surface area contributed by atoms with Crippen LogP contribution < -0.4 is 10.6 Å². The van der Waals surface area contributed by atoms with Gasteiger partial charge in [-0.25, -0.2) is 0 Å². The smallest absolute Gasteiger partial charge is 0.159 e. The normalized spacial score (nSPS) is 29.8. The molecule has 0 aromatic rings. The summed E-state index contributed by atoms with van der Waals surface area (Å²) in [6.45, 7) is 12.9. The van der Waals surface area contributed by atoms with Gasteiger partial charge in [0, 0.05) is 36.0 Å². The predicted molar refractivity (Wildman–Crippen MR) is 102 cm³/mol. The van der Waals surface area contributed by atoms with E-state index in [9.17, 15) is 10.2 Å². The molecule has 2 atom stereocenters. The molecule has 0 bridgehead atoms. The summed E-state index contributed by atoms with van der Waals surface area (Å²) in [5.74, 6) is 2.68. The van der Waals surface area contributed by atoms with Crippen LogP contribution in [0, 0.1) is 0 Å². The van der Waals surface area contributed by atoms with Gasteiger partial charge in [0.15, 0.2) is 12.6 Å². The minimum absolute atomic E-state index is 0.00144. The SMILES string of the molecule is CC(C)(C)NC1CC(O)OC(O)C1.CC(C)(C)NC1CCSCC1. The molecule has 0 saturated carbocycles. The van der Waals surface area contributed by atoms with E-state index in [1.165, 1.54) is 24.3 Å². The summed E-state index contributed by atoms with van der Waals surface area (Å²) in [6.07, 6.45) is 2.08. The molecule has 0 aromatic heterocycles. The van der Waals surface area contributed by atoms with Crippen LogP contribution in [0.2, 0.25) is 0 Å². The zero-order chi connectivity index (χ0) is 18.4. The van der Waals surface area contributed by atoms with Crippen LogP contribution in [0.15, 0.2) is 0 Å². The van der Waals surface area contributed by atoms with E-state index in [1.54, 1.807) is 0 Å². The highest BCUT2D eigenvalue weighted by Gasteiger charge is 2.29. The van der Waals surface area contributed by atoms with Gasteiger partial charge in [-0.05, 0) is 65.9 Å². The van der Waals surface area contributed by atoms with E-state index >= 15 is 0 Å². The highest BCUT2D eigenvalue weighted by atomic mass is 32.2. The lowest BCUT2D eigenvalue weighted by Gasteiger charge is -2.35. The van der Waals surface area contributed by atoms with E-state index in [-0.39, 0.29) is 11.6 Å². The van der Waals surface area contributed by atoms with Crippen LogP contribution in [0.3, 0.4) is 0 Å². The molecule has 4 N–H and O–H groups in total. The Balaban J connectivity index is 0.000000243. The van der Waals surface area contributed by atoms with Crippen molar-refractivity contribution < 1.29 is 14.9 Å². The lowest BCUT2D eigenvalue weighted by atomic mass is 10.0. The molecule has 2 unspecified atom stereocenters. The summed E-state index contributed by atoms with van der Waals surface area (Å²) in [7, 11) is 0. The van der Waals surface area contributed by atoms with Crippen molar-refractivity contribution in [1.82, 2.24) is 10.6 Å². The Hall–Kier alpha value is 0.150. The van der Waals surface area contributed by atoms with E-state index in [1.807, 2.05) is 0 Å². The molecule has 24 heavy (non-hydrogen) atoms. The molecule has 2 rings (SSSR count). The molecule has 2 aliphatic rings. The molecular weight excluding hydrogens is 324 g/mol. The number of thioether (sulfide) groups is 1. The van der Waals surface area contributed by atoms with Crippen molar-refractivity contribution in [2.24, 2.45) is 0 Å². The average molecular weight is 363 g/mol. The fourth-order valence-corrected chi connectivity index (χ4v) is 4.17. The van der Waals surface area contributed by atoms with Gasteiger partial charge in [0.1, 0.15) is 0 Å². The number of rotatable bonds is 2. The largest absolute Gasteiger partial charge is 0.368 e. The molecule has 5 nitrogen and oxygen atoms in total. The lowest BCUT2D eigenvalue weighted by molar-refractivity contribution is -0.238. The summed E-state index contributed by atoms with van der Waals surface area (Å²) in [5, 5.41) is 25.4. The second-order valence-electron chi connectivity index (χ2n) is 8.89. The minimum Gasteiger partial charge on any atom is -0.368 e. The Labute approximate surface area is 152 Å². The van der Waals surface area contributed by atoms with Crippen LogP contribution in [0.25, 0.3) is 0 Å². The van der Waals surface area contributed by atoms with Crippen LogP contribution in [-0.2, 0) is 4.74 Å². The summed E-state index contributed by atoms with van der Waals surface area (Å²) >= 11 is 2.08. The first-order valence-corrected chi connectivity index (χ1v) is 10.2. The first-order valence-electron chi connectivity index (χ1n) is 9.09. The van der Waals surface area contributed by atoms with Gasteiger partial charge in [-0.15, -0.1) is 0 Å². The van der Waals surface area contributed by atoms with Gasteiger partial charge in [-0.1, -0.05) is 0 Å². The minimum atomic E-state index is -0.844. The van der Waals surface area contributed by atoms with Crippen LogP contribution in [0.1, 0.15) is 67.2 Å². The zero-order valence-corrected chi connectivity index (χ0v) is 17.1. The van der Waals surface area contributed by atoms with Crippen LogP contribution in [0.4, 0.5) is 0 Å². The maximum absolute atomic E-state index is 9.22. The fraction of sp³-hybridized carbons (Fsp3) is 1.00. The molecule has 0 spiro atoms. The first-order chi connectivity index (χ1) is 10.9. The van der Waals surface area contributed by atoms with Gasteiger partial charge in [0.2, 0.25) is 0 Å². The highest BCUT2D eigenvalue weighted by Crippen LogP contribution is 2.19. The first kappa shape index (κ1) is 22.2. The number of nitrogens with one attached hydrogen (secondary N) is 2. The molecule has 2 saturated heterocycles. The average Bonchev–Trinajstić information content (AvgIpc) is 2.35. The number of hydrogen-bond donors (Lipinski definition) is 4. The van der Waals surface area contributed by atoms with E-state index in [0.29, 0.717) is 18.4 Å². The van der Waals surface area contributed by atoms with Crippen molar-refractivity contribution in [3.8, 4) is 0 Å². The van der Waals surface area contributed by atoms with Crippen molar-refractivity contribution in [1.29, 1.82) is 0 Å². The molecule has 2 aliphatic heterocycles. The van der Waals surface area contributed by atoms with E-state index in [2.05, 4.69) is 63.9 Å². The second kappa shape index (κ2) is 9.74. The van der Waals surface area contributed by atoms with Crippen LogP contribution in [0.5, 0.6) is 0 Å². The Morgan fingerprint density at radius 3 is 1.62 bits per heavy atom. The predicted octanol–water partition coefficient (Wildman–Crippen LogP) is 2.46. The van der Waals surface area contributed by atoms with Crippen molar-refractivity contribution in [2.75, 3.05) is 11.5 Å². The Kier molecular flexibility index (Phi) is 9.01. The molecular formula is C18H38N2O3S. The monoisotopic (exact) mass is 362 g/mol. The van der Waals surface area contributed by atoms with E-state index < -0.39 is 12.6 Å². The van der Waals surface area contributed by atoms with Gasteiger partial charge in [0.05, 0.1) is 0 Å². The quantitative estimate of drug-likeness (QED) is 0.605. The van der Waals surface area contributed by atoms with Crippen LogP contribution in [-0.4, -0.2) is 57.5 Å². The number of aliphatic hydroxyl groups is 2. The Bertz CT molecular complexity index is 339. The summed E-state index contributed by atoms with van der Waals surface area (Å²) in [4.78, 5) is 0. The molecule has 144 valence electrons. The Morgan fingerprint density at radius 2 is 1.21 bits per heavy atom. The summed E-state index contributed by atoms with van der Waals surface area (Å²) in [6, 6.07) is 0.898. The topological polar surface area (TPSA) is 73.8 Å². The van der Waals surface area contributed by atoms with Crippen molar-refractivity contribution in [2.45, 2.75) is 103 Å². The van der Waals surface area contributed by atoms with Gasteiger partial charge in [0.25, 0.3) is 0 Å². The molecule has 0 aliphatic carbocycles. The highest BCUT2D eigenvalue weighted by molar-refractivity contribution is 7.99. The second-order valence-corrected chi connectivity index (χ2v) is 10.1. The molecule has 0 amide bonds. The molecule has 0 radical (unpaired) electrons. The van der Waals surface area contributed by atoms with Crippen molar-refractivity contribution in [3.63, 3.8) is 0 Å². The molecule has 6 heteroatoms. The summed E-state index contributed by atoms with van der Waals surface area (Å²) < 4.78 is 4.80.